The van der Waals surface area contributed by atoms with Gasteiger partial charge in [-0.3, -0.25) is 4.90 Å². The predicted molar refractivity (Wildman–Crippen MR) is 84.1 cm³/mol. The number of hydrogen-bond donors (Lipinski definition) is 1. The van der Waals surface area contributed by atoms with Crippen molar-refractivity contribution < 1.29 is 9.47 Å². The monoisotopic (exact) mass is 290 g/mol. The van der Waals surface area contributed by atoms with Crippen molar-refractivity contribution in [2.45, 2.75) is 25.9 Å². The largest absolute Gasteiger partial charge is 0.493 e. The third kappa shape index (κ3) is 3.96. The van der Waals surface area contributed by atoms with Crippen LogP contribution in [0.2, 0.25) is 0 Å². The molecule has 0 saturated carbocycles. The van der Waals surface area contributed by atoms with E-state index in [4.69, 9.17) is 9.47 Å². The lowest BCUT2D eigenvalue weighted by molar-refractivity contribution is -0.0251. The van der Waals surface area contributed by atoms with Crippen molar-refractivity contribution in [3.05, 3.63) is 29.3 Å². The summed E-state index contributed by atoms with van der Waals surface area (Å²) in [5.74, 6) is 1.07. The molecule has 1 N–H and O–H groups in total. The minimum Gasteiger partial charge on any atom is -0.493 e. The maximum Gasteiger partial charge on any atom is 0.122 e. The van der Waals surface area contributed by atoms with Gasteiger partial charge in [0.25, 0.3) is 0 Å². The van der Waals surface area contributed by atoms with Crippen LogP contribution < -0.4 is 10.1 Å². The van der Waals surface area contributed by atoms with Crippen molar-refractivity contribution >= 4 is 0 Å². The first kappa shape index (κ1) is 14.8. The normalized spacial score (nSPS) is 22.0. The first-order valence-electron chi connectivity index (χ1n) is 8.14. The van der Waals surface area contributed by atoms with Crippen LogP contribution in [-0.4, -0.2) is 56.9 Å². The van der Waals surface area contributed by atoms with Crippen molar-refractivity contribution in [2.75, 3.05) is 45.9 Å². The van der Waals surface area contributed by atoms with E-state index < -0.39 is 0 Å². The summed E-state index contributed by atoms with van der Waals surface area (Å²) < 4.78 is 11.3. The Labute approximate surface area is 127 Å². The summed E-state index contributed by atoms with van der Waals surface area (Å²) in [6.45, 7) is 9.12. The van der Waals surface area contributed by atoms with Crippen LogP contribution in [0.3, 0.4) is 0 Å². The van der Waals surface area contributed by atoms with Gasteiger partial charge in [0.05, 0.1) is 19.3 Å². The van der Waals surface area contributed by atoms with Gasteiger partial charge in [0.15, 0.2) is 0 Å². The highest BCUT2D eigenvalue weighted by Crippen LogP contribution is 2.25. The number of fused-ring (bicyclic) bond motifs is 1. The van der Waals surface area contributed by atoms with Gasteiger partial charge in [-0.05, 0) is 36.7 Å². The van der Waals surface area contributed by atoms with Crippen LogP contribution in [0.1, 0.15) is 18.1 Å². The minimum absolute atomic E-state index is 0.340. The highest BCUT2D eigenvalue weighted by atomic mass is 16.5. The van der Waals surface area contributed by atoms with Gasteiger partial charge in [0.1, 0.15) is 5.75 Å². The number of likely N-dealkylation sites (N-methyl/N-ethyl adjacent to an activating group) is 1. The summed E-state index contributed by atoms with van der Waals surface area (Å²) in [7, 11) is 0. The van der Waals surface area contributed by atoms with Crippen LogP contribution in [0.25, 0.3) is 0 Å². The van der Waals surface area contributed by atoms with Gasteiger partial charge in [-0.1, -0.05) is 19.1 Å². The minimum atomic E-state index is 0.340. The Kier molecular flexibility index (Phi) is 5.12. The van der Waals surface area contributed by atoms with Gasteiger partial charge in [-0.25, -0.2) is 0 Å². The predicted octanol–water partition coefficient (Wildman–Crippen LogP) is 1.47. The first-order chi connectivity index (χ1) is 10.3. The molecule has 1 aromatic rings. The molecule has 2 heterocycles. The van der Waals surface area contributed by atoms with E-state index in [1.807, 2.05) is 0 Å². The molecule has 1 atom stereocenters. The molecule has 1 fully saturated rings. The van der Waals surface area contributed by atoms with Crippen LogP contribution in [-0.2, 0) is 17.6 Å². The molecular formula is C17H26N2O2. The lowest BCUT2D eigenvalue weighted by atomic mass is 10.1. The van der Waals surface area contributed by atoms with Gasteiger partial charge in [0.2, 0.25) is 0 Å². The van der Waals surface area contributed by atoms with E-state index in [9.17, 15) is 0 Å². The lowest BCUT2D eigenvalue weighted by Crippen LogP contribution is -2.46. The highest BCUT2D eigenvalue weighted by molar-refractivity contribution is 5.39. The molecule has 0 aromatic heterocycles. The van der Waals surface area contributed by atoms with E-state index in [-0.39, 0.29) is 0 Å². The van der Waals surface area contributed by atoms with Crippen molar-refractivity contribution in [3.8, 4) is 5.75 Å². The SMILES string of the molecule is CCN1CCOC(CNCCc2ccc3c(c2)CCO3)C1. The van der Waals surface area contributed by atoms with Crippen molar-refractivity contribution in [1.29, 1.82) is 0 Å². The third-order valence-corrected chi connectivity index (χ3v) is 4.39. The second kappa shape index (κ2) is 7.25. The zero-order valence-corrected chi connectivity index (χ0v) is 12.9. The van der Waals surface area contributed by atoms with E-state index in [1.54, 1.807) is 0 Å². The fourth-order valence-electron chi connectivity index (χ4n) is 3.08. The zero-order chi connectivity index (χ0) is 14.5. The maximum atomic E-state index is 5.80. The Morgan fingerprint density at radius 1 is 1.33 bits per heavy atom. The quantitative estimate of drug-likeness (QED) is 0.805. The number of nitrogens with one attached hydrogen (secondary N) is 1. The lowest BCUT2D eigenvalue weighted by Gasteiger charge is -2.32. The fraction of sp³-hybridized carbons (Fsp3) is 0.647. The molecule has 116 valence electrons. The average Bonchev–Trinajstić information content (AvgIpc) is 2.99. The molecule has 0 amide bonds. The van der Waals surface area contributed by atoms with Crippen LogP contribution in [0.5, 0.6) is 5.75 Å². The van der Waals surface area contributed by atoms with Crippen LogP contribution in [0.15, 0.2) is 18.2 Å². The van der Waals surface area contributed by atoms with Gasteiger partial charge in [-0.2, -0.15) is 0 Å². The van der Waals surface area contributed by atoms with E-state index >= 15 is 0 Å². The first-order valence-corrected chi connectivity index (χ1v) is 8.14. The average molecular weight is 290 g/mol. The Morgan fingerprint density at radius 2 is 2.29 bits per heavy atom. The molecule has 4 heteroatoms. The molecule has 1 unspecified atom stereocenters. The standard InChI is InChI=1S/C17H26N2O2/c1-2-19-8-10-20-16(13-19)12-18-7-5-14-3-4-17-15(11-14)6-9-21-17/h3-4,11,16,18H,2,5-10,12-13H2,1H3. The number of rotatable bonds is 6. The molecule has 1 aromatic carbocycles. The molecule has 0 bridgehead atoms. The number of benzene rings is 1. The van der Waals surface area contributed by atoms with Crippen LogP contribution in [0.4, 0.5) is 0 Å². The Bertz CT molecular complexity index is 464. The highest BCUT2D eigenvalue weighted by Gasteiger charge is 2.18. The molecule has 3 rings (SSSR count). The zero-order valence-electron chi connectivity index (χ0n) is 12.9. The molecule has 2 aliphatic heterocycles. The van der Waals surface area contributed by atoms with Crippen LogP contribution in [0, 0.1) is 0 Å². The van der Waals surface area contributed by atoms with E-state index in [0.717, 1.165) is 64.5 Å². The summed E-state index contributed by atoms with van der Waals surface area (Å²) >= 11 is 0. The Hall–Kier alpha value is -1.10. The smallest absolute Gasteiger partial charge is 0.122 e. The second-order valence-electron chi connectivity index (χ2n) is 5.88. The number of ether oxygens (including phenoxy) is 2. The van der Waals surface area contributed by atoms with E-state index in [0.29, 0.717) is 6.10 Å². The Morgan fingerprint density at radius 3 is 3.19 bits per heavy atom. The van der Waals surface area contributed by atoms with Gasteiger partial charge in [0, 0.05) is 26.1 Å². The fourth-order valence-corrected chi connectivity index (χ4v) is 3.08. The van der Waals surface area contributed by atoms with E-state index in [1.165, 1.54) is 11.1 Å². The number of hydrogen-bond acceptors (Lipinski definition) is 4. The topological polar surface area (TPSA) is 33.7 Å². The van der Waals surface area contributed by atoms with Crippen molar-refractivity contribution in [2.24, 2.45) is 0 Å². The van der Waals surface area contributed by atoms with Crippen molar-refractivity contribution in [1.82, 2.24) is 10.2 Å². The van der Waals surface area contributed by atoms with Crippen LogP contribution >= 0.6 is 0 Å². The molecule has 21 heavy (non-hydrogen) atoms. The molecule has 0 radical (unpaired) electrons. The summed E-state index contributed by atoms with van der Waals surface area (Å²) in [5.41, 5.74) is 2.76. The number of nitrogens with zero attached hydrogens (tertiary/aromatic N) is 1. The van der Waals surface area contributed by atoms with Crippen molar-refractivity contribution in [3.63, 3.8) is 0 Å². The van der Waals surface area contributed by atoms with Gasteiger partial charge >= 0.3 is 0 Å². The summed E-state index contributed by atoms with van der Waals surface area (Å²) in [6, 6.07) is 6.59. The van der Waals surface area contributed by atoms with Gasteiger partial charge in [-0.15, -0.1) is 0 Å². The Balaban J connectivity index is 1.38. The summed E-state index contributed by atoms with van der Waals surface area (Å²) in [6.07, 6.45) is 2.46. The molecule has 2 aliphatic rings. The summed E-state index contributed by atoms with van der Waals surface area (Å²) in [5, 5.41) is 3.53. The molecule has 0 aliphatic carbocycles. The summed E-state index contributed by atoms with van der Waals surface area (Å²) in [4.78, 5) is 2.45. The molecule has 0 spiro atoms. The molecule has 4 nitrogen and oxygen atoms in total. The maximum absolute atomic E-state index is 5.80. The third-order valence-electron chi connectivity index (χ3n) is 4.39. The molecule has 1 saturated heterocycles. The van der Waals surface area contributed by atoms with Gasteiger partial charge < -0.3 is 14.8 Å². The second-order valence-corrected chi connectivity index (χ2v) is 5.88. The molecular weight excluding hydrogens is 264 g/mol. The van der Waals surface area contributed by atoms with E-state index in [2.05, 4.69) is 35.3 Å². The number of morpholine rings is 1.